The summed E-state index contributed by atoms with van der Waals surface area (Å²) in [5.41, 5.74) is 0.102. The quantitative estimate of drug-likeness (QED) is 0.350. The Kier molecular flexibility index (Phi) is 9.73. The van der Waals surface area contributed by atoms with Gasteiger partial charge >= 0.3 is 0 Å². The van der Waals surface area contributed by atoms with Gasteiger partial charge in [0.1, 0.15) is 12.3 Å². The summed E-state index contributed by atoms with van der Waals surface area (Å²) < 4.78 is 11.9. The number of aromatic nitrogens is 1. The molecule has 28 heavy (non-hydrogen) atoms. The zero-order valence-corrected chi connectivity index (χ0v) is 20.9. The van der Waals surface area contributed by atoms with Crippen molar-refractivity contribution in [3.63, 3.8) is 0 Å². The van der Waals surface area contributed by atoms with Gasteiger partial charge in [0.25, 0.3) is 0 Å². The van der Waals surface area contributed by atoms with Crippen molar-refractivity contribution in [2.75, 3.05) is 19.7 Å². The maximum absolute atomic E-state index is 6.09. The van der Waals surface area contributed by atoms with E-state index in [1.54, 1.807) is 6.20 Å². The van der Waals surface area contributed by atoms with Crippen molar-refractivity contribution in [2.24, 2.45) is 16.3 Å². The molecule has 2 N–H and O–H groups in total. The van der Waals surface area contributed by atoms with Gasteiger partial charge in [0.2, 0.25) is 5.89 Å². The smallest absolute Gasteiger partial charge is 0.216 e. The van der Waals surface area contributed by atoms with Gasteiger partial charge in [0, 0.05) is 31.0 Å². The summed E-state index contributed by atoms with van der Waals surface area (Å²) in [4.78, 5) is 9.01. The van der Waals surface area contributed by atoms with E-state index in [1.165, 1.54) is 6.42 Å². The normalized spacial score (nSPS) is 21.2. The highest BCUT2D eigenvalue weighted by Gasteiger charge is 2.35. The highest BCUT2D eigenvalue weighted by atomic mass is 127. The zero-order valence-electron chi connectivity index (χ0n) is 18.6. The summed E-state index contributed by atoms with van der Waals surface area (Å²) in [5.74, 6) is 2.81. The third-order valence-electron chi connectivity index (χ3n) is 4.84. The molecule has 1 aliphatic rings. The lowest BCUT2D eigenvalue weighted by Gasteiger charge is -2.40. The first kappa shape index (κ1) is 25.2. The van der Waals surface area contributed by atoms with E-state index >= 15 is 0 Å². The average molecular weight is 506 g/mol. The lowest BCUT2D eigenvalue weighted by Crippen LogP contribution is -2.47. The molecule has 0 spiro atoms. The minimum Gasteiger partial charge on any atom is -0.443 e. The number of aliphatic imine (C=N–C) groups is 1. The van der Waals surface area contributed by atoms with Crippen LogP contribution in [0.1, 0.15) is 73.0 Å². The Morgan fingerprint density at radius 3 is 2.50 bits per heavy atom. The number of guanidine groups is 1. The van der Waals surface area contributed by atoms with E-state index in [0.29, 0.717) is 18.4 Å². The lowest BCUT2D eigenvalue weighted by atomic mass is 9.78. The predicted octanol–water partition coefficient (Wildman–Crippen LogP) is 4.49. The molecule has 0 amide bonds. The van der Waals surface area contributed by atoms with Crippen LogP contribution in [0.25, 0.3) is 0 Å². The highest BCUT2D eigenvalue weighted by molar-refractivity contribution is 14.0. The molecule has 162 valence electrons. The molecular formula is C21H39IN4O2. The minimum absolute atomic E-state index is 0. The van der Waals surface area contributed by atoms with Gasteiger partial charge in [0.15, 0.2) is 5.96 Å². The van der Waals surface area contributed by atoms with Crippen molar-refractivity contribution in [1.29, 1.82) is 0 Å². The Labute approximate surface area is 187 Å². The molecule has 1 aromatic heterocycles. The topological polar surface area (TPSA) is 71.7 Å². The molecule has 0 radical (unpaired) electrons. The number of nitrogens with one attached hydrogen (secondary N) is 2. The molecule has 1 fully saturated rings. The summed E-state index contributed by atoms with van der Waals surface area (Å²) in [6.07, 6.45) is 4.38. The first-order valence-electron chi connectivity index (χ1n) is 10.2. The van der Waals surface area contributed by atoms with Gasteiger partial charge in [-0.1, -0.05) is 41.5 Å². The van der Waals surface area contributed by atoms with E-state index in [9.17, 15) is 0 Å². The molecule has 1 aromatic rings. The molecule has 0 aromatic carbocycles. The first-order chi connectivity index (χ1) is 12.6. The summed E-state index contributed by atoms with van der Waals surface area (Å²) in [5, 5.41) is 6.80. The summed E-state index contributed by atoms with van der Waals surface area (Å²) in [7, 11) is 0. The number of hydrogen-bond acceptors (Lipinski definition) is 4. The number of oxazole rings is 1. The van der Waals surface area contributed by atoms with Crippen LogP contribution >= 0.6 is 24.0 Å². The second-order valence-corrected chi connectivity index (χ2v) is 9.50. The molecule has 6 nitrogen and oxygen atoms in total. The maximum atomic E-state index is 6.09. The standard InChI is InChI=1S/C21H38N4O2.HI/c1-8-22-19(25-14-17-23-13-16(27-17)20(2,3)4)24-12-15-10-9-11-26-18(15)21(5,6)7;/h13,15,18H,8-12,14H2,1-7H3,(H2,22,24,25);1H. The van der Waals surface area contributed by atoms with Gasteiger partial charge in [0.05, 0.1) is 12.3 Å². The number of hydrogen-bond donors (Lipinski definition) is 2. The zero-order chi connectivity index (χ0) is 20.1. The molecule has 2 rings (SSSR count). The second kappa shape index (κ2) is 10.8. The Balaban J connectivity index is 0.00000392. The van der Waals surface area contributed by atoms with Gasteiger partial charge in [-0.3, -0.25) is 0 Å². The van der Waals surface area contributed by atoms with E-state index in [2.05, 4.69) is 69.1 Å². The number of nitrogens with zero attached hydrogens (tertiary/aromatic N) is 2. The number of halogens is 1. The number of rotatable bonds is 5. The summed E-state index contributed by atoms with van der Waals surface area (Å²) in [6.45, 7) is 18.1. The summed E-state index contributed by atoms with van der Waals surface area (Å²) in [6, 6.07) is 0. The fraction of sp³-hybridized carbons (Fsp3) is 0.810. The van der Waals surface area contributed by atoms with Crippen molar-refractivity contribution >= 4 is 29.9 Å². The third-order valence-corrected chi connectivity index (χ3v) is 4.84. The monoisotopic (exact) mass is 506 g/mol. The number of ether oxygens (including phenoxy) is 1. The lowest BCUT2D eigenvalue weighted by molar-refractivity contribution is -0.0835. The van der Waals surface area contributed by atoms with Gasteiger partial charge in [-0.2, -0.15) is 0 Å². The van der Waals surface area contributed by atoms with Crippen LogP contribution in [0, 0.1) is 11.3 Å². The maximum Gasteiger partial charge on any atom is 0.216 e. The molecule has 2 unspecified atom stereocenters. The van der Waals surface area contributed by atoms with Gasteiger partial charge in [-0.15, -0.1) is 24.0 Å². The van der Waals surface area contributed by atoms with Crippen LogP contribution in [-0.4, -0.2) is 36.7 Å². The third kappa shape index (κ3) is 7.54. The minimum atomic E-state index is -0.0410. The van der Waals surface area contributed by atoms with Crippen molar-refractivity contribution in [2.45, 2.75) is 79.4 Å². The van der Waals surface area contributed by atoms with E-state index in [0.717, 1.165) is 37.8 Å². The van der Waals surface area contributed by atoms with Crippen molar-refractivity contribution < 1.29 is 9.15 Å². The molecule has 0 aliphatic carbocycles. The van der Waals surface area contributed by atoms with Crippen LogP contribution in [0.5, 0.6) is 0 Å². The van der Waals surface area contributed by atoms with Crippen LogP contribution in [0.4, 0.5) is 0 Å². The predicted molar refractivity (Wildman–Crippen MR) is 125 cm³/mol. The molecule has 0 bridgehead atoms. The molecule has 1 saturated heterocycles. The first-order valence-corrected chi connectivity index (χ1v) is 10.2. The van der Waals surface area contributed by atoms with Crippen LogP contribution in [0.15, 0.2) is 15.6 Å². The molecule has 7 heteroatoms. The van der Waals surface area contributed by atoms with E-state index in [1.807, 2.05) is 0 Å². The van der Waals surface area contributed by atoms with E-state index in [-0.39, 0.29) is 40.9 Å². The fourth-order valence-electron chi connectivity index (χ4n) is 3.46. The van der Waals surface area contributed by atoms with Crippen LogP contribution in [0.2, 0.25) is 0 Å². The van der Waals surface area contributed by atoms with E-state index in [4.69, 9.17) is 9.15 Å². The van der Waals surface area contributed by atoms with Crippen LogP contribution in [-0.2, 0) is 16.7 Å². The Hall–Kier alpha value is -0.830. The average Bonchev–Trinajstić information content (AvgIpc) is 3.06. The fourth-order valence-corrected chi connectivity index (χ4v) is 3.46. The highest BCUT2D eigenvalue weighted by Crippen LogP contribution is 2.33. The largest absolute Gasteiger partial charge is 0.443 e. The van der Waals surface area contributed by atoms with Crippen molar-refractivity contribution in [3.05, 3.63) is 17.8 Å². The molecular weight excluding hydrogens is 467 g/mol. The van der Waals surface area contributed by atoms with Crippen LogP contribution < -0.4 is 10.6 Å². The molecule has 0 saturated carbocycles. The van der Waals surface area contributed by atoms with Gasteiger partial charge in [-0.05, 0) is 25.2 Å². The summed E-state index contributed by atoms with van der Waals surface area (Å²) >= 11 is 0. The Bertz CT molecular complexity index is 617. The molecule has 2 heterocycles. The second-order valence-electron chi connectivity index (χ2n) is 9.50. The van der Waals surface area contributed by atoms with Gasteiger partial charge in [-0.25, -0.2) is 9.98 Å². The van der Waals surface area contributed by atoms with Crippen LogP contribution in [0.3, 0.4) is 0 Å². The molecule has 1 aliphatic heterocycles. The molecule has 2 atom stereocenters. The Morgan fingerprint density at radius 1 is 1.21 bits per heavy atom. The van der Waals surface area contributed by atoms with Crippen molar-refractivity contribution in [1.82, 2.24) is 15.6 Å². The Morgan fingerprint density at radius 2 is 1.93 bits per heavy atom. The van der Waals surface area contributed by atoms with Gasteiger partial charge < -0.3 is 19.8 Å². The van der Waals surface area contributed by atoms with E-state index < -0.39 is 0 Å². The van der Waals surface area contributed by atoms with Crippen molar-refractivity contribution in [3.8, 4) is 0 Å². The SMILES string of the molecule is CCNC(=NCc1ncc(C(C)(C)C)o1)NCC1CCCOC1C(C)(C)C.I.